The van der Waals surface area contributed by atoms with Crippen LogP contribution in [0.5, 0.6) is 0 Å². The van der Waals surface area contributed by atoms with Crippen LogP contribution in [0, 0.1) is 13.8 Å². The molecule has 4 heterocycles. The van der Waals surface area contributed by atoms with Gasteiger partial charge in [0.15, 0.2) is 0 Å². The summed E-state index contributed by atoms with van der Waals surface area (Å²) in [4.78, 5) is 1.98. The maximum atomic E-state index is 4.66. The summed E-state index contributed by atoms with van der Waals surface area (Å²) < 4.78 is 10.1. The molecule has 9 rings (SSSR count). The molecule has 0 bridgehead atoms. The van der Waals surface area contributed by atoms with E-state index in [9.17, 15) is 0 Å². The van der Waals surface area contributed by atoms with Crippen LogP contribution in [-0.2, 0) is 0 Å². The summed E-state index contributed by atoms with van der Waals surface area (Å²) in [6.07, 6.45) is 0. The molecule has 0 radical (unpaired) electrons. The number of benzene rings is 5. The Bertz CT molecular complexity index is 2360. The van der Waals surface area contributed by atoms with Crippen molar-refractivity contribution in [1.82, 2.24) is 9.13 Å². The highest BCUT2D eigenvalue weighted by Crippen LogP contribution is 2.48. The number of thiophene rings is 2. The Balaban J connectivity index is 1.50. The Morgan fingerprint density at radius 1 is 0.476 bits per heavy atom. The summed E-state index contributed by atoms with van der Waals surface area (Å²) in [6.45, 7) is 4.29. The second-order valence-electron chi connectivity index (χ2n) is 11.1. The average Bonchev–Trinajstić information content (AvgIpc) is 3.69. The van der Waals surface area contributed by atoms with Gasteiger partial charge in [-0.2, -0.15) is 0 Å². The lowest BCUT2D eigenvalue weighted by Crippen LogP contribution is -1.95. The van der Waals surface area contributed by atoms with E-state index in [0.717, 1.165) is 9.79 Å². The molecule has 0 N–H and O–H groups in total. The van der Waals surface area contributed by atoms with Crippen LogP contribution in [0.3, 0.4) is 0 Å². The van der Waals surface area contributed by atoms with E-state index in [1.54, 1.807) is 0 Å². The molecule has 4 aromatic heterocycles. The lowest BCUT2D eigenvalue weighted by atomic mass is 10.1. The lowest BCUT2D eigenvalue weighted by Gasteiger charge is -2.10. The predicted octanol–water partition coefficient (Wildman–Crippen LogP) is 11.5. The molecular weight excluding hydrogens is 589 g/mol. The van der Waals surface area contributed by atoms with Gasteiger partial charge in [-0.3, -0.25) is 0 Å². The van der Waals surface area contributed by atoms with Crippen LogP contribution >= 0.6 is 47.9 Å². The highest BCUT2D eigenvalue weighted by atomic mass is 32.1. The lowest BCUT2D eigenvalue weighted by molar-refractivity contribution is 1.18. The number of aryl methyl sites for hydroxylation is 2. The molecule has 0 aliphatic carbocycles. The molecular formula is C36H24N2S4. The molecule has 0 saturated heterocycles. The highest BCUT2D eigenvalue weighted by Gasteiger charge is 2.23. The summed E-state index contributed by atoms with van der Waals surface area (Å²) in [7, 11) is 0. The van der Waals surface area contributed by atoms with Crippen LogP contribution in [0.25, 0.3) is 73.8 Å². The number of rotatable bonds is 2. The van der Waals surface area contributed by atoms with Crippen LogP contribution in [0.15, 0.2) is 107 Å². The third-order valence-corrected chi connectivity index (χ3v) is 11.3. The molecule has 2 nitrogen and oxygen atoms in total. The summed E-state index contributed by atoms with van der Waals surface area (Å²) >= 11 is 13.1. The average molecular weight is 613 g/mol. The number of nitrogens with zero attached hydrogens (tertiary/aromatic N) is 2. The Morgan fingerprint density at radius 3 is 1.29 bits per heavy atom. The summed E-state index contributed by atoms with van der Waals surface area (Å²) in [5, 5.41) is 5.09. The van der Waals surface area contributed by atoms with Gasteiger partial charge in [-0.25, -0.2) is 0 Å². The normalized spacial score (nSPS) is 12.3. The van der Waals surface area contributed by atoms with Crippen molar-refractivity contribution in [1.29, 1.82) is 0 Å². The molecule has 0 aliphatic rings. The van der Waals surface area contributed by atoms with Gasteiger partial charge >= 0.3 is 0 Å². The monoisotopic (exact) mass is 612 g/mol. The minimum absolute atomic E-state index is 0.990. The van der Waals surface area contributed by atoms with Gasteiger partial charge in [0.05, 0.1) is 31.5 Å². The van der Waals surface area contributed by atoms with E-state index in [-0.39, 0.29) is 0 Å². The van der Waals surface area contributed by atoms with E-state index >= 15 is 0 Å². The van der Waals surface area contributed by atoms with Gasteiger partial charge in [0, 0.05) is 52.1 Å². The second kappa shape index (κ2) is 8.91. The third-order valence-electron chi connectivity index (χ3n) is 8.41. The first-order chi connectivity index (χ1) is 20.4. The first-order valence-electron chi connectivity index (χ1n) is 13.9. The molecule has 202 valence electrons. The predicted molar refractivity (Wildman–Crippen MR) is 190 cm³/mol. The van der Waals surface area contributed by atoms with Crippen molar-refractivity contribution >= 4 is 110 Å². The zero-order chi connectivity index (χ0) is 28.3. The standard InChI is InChI=1S/C36H24N2S4/c1-19-3-7-21(8-4-19)37-29-17-28-30(18-27(29)35-33(37)25-13-11-23(39)15-31(25)41-35)38(22-9-5-20(2)6-10-22)34-26-14-12-24(40)16-32(26)42-36(28)34/h3-18,39-40H,1-2H3. The van der Waals surface area contributed by atoms with Crippen molar-refractivity contribution < 1.29 is 0 Å². The quantitative estimate of drug-likeness (QED) is 0.180. The van der Waals surface area contributed by atoms with E-state index in [1.165, 1.54) is 84.9 Å². The number of fused-ring (bicyclic) bond motifs is 10. The van der Waals surface area contributed by atoms with Crippen LogP contribution < -0.4 is 0 Å². The fourth-order valence-electron chi connectivity index (χ4n) is 6.43. The van der Waals surface area contributed by atoms with Crippen molar-refractivity contribution in [3.05, 3.63) is 108 Å². The van der Waals surface area contributed by atoms with Crippen molar-refractivity contribution in [2.24, 2.45) is 0 Å². The molecule has 0 aliphatic heterocycles. The largest absolute Gasteiger partial charge is 0.308 e. The van der Waals surface area contributed by atoms with Gasteiger partial charge in [0.1, 0.15) is 0 Å². The molecule has 0 fully saturated rings. The fourth-order valence-corrected chi connectivity index (χ4v) is 9.51. The summed E-state index contributed by atoms with van der Waals surface area (Å²) in [6, 6.07) is 35.7. The minimum atomic E-state index is 0.990. The Labute approximate surface area is 261 Å². The number of thiol groups is 2. The first-order valence-corrected chi connectivity index (χ1v) is 16.4. The smallest absolute Gasteiger partial charge is 0.0727 e. The highest BCUT2D eigenvalue weighted by molar-refractivity contribution is 7.80. The maximum Gasteiger partial charge on any atom is 0.0727 e. The van der Waals surface area contributed by atoms with Crippen molar-refractivity contribution in [3.8, 4) is 11.4 Å². The number of hydrogen-bond acceptors (Lipinski definition) is 4. The van der Waals surface area contributed by atoms with Crippen LogP contribution in [0.1, 0.15) is 11.1 Å². The second-order valence-corrected chi connectivity index (χ2v) is 14.3. The number of aromatic nitrogens is 2. The van der Waals surface area contributed by atoms with Gasteiger partial charge in [0.25, 0.3) is 0 Å². The van der Waals surface area contributed by atoms with Crippen LogP contribution in [0.2, 0.25) is 0 Å². The molecule has 0 saturated carbocycles. The van der Waals surface area contributed by atoms with E-state index < -0.39 is 0 Å². The Kier molecular flexibility index (Phi) is 5.28. The molecule has 0 amide bonds. The molecule has 0 unspecified atom stereocenters. The summed E-state index contributed by atoms with van der Waals surface area (Å²) in [5.41, 5.74) is 9.89. The topological polar surface area (TPSA) is 9.86 Å². The van der Waals surface area contributed by atoms with Crippen molar-refractivity contribution in [2.45, 2.75) is 23.6 Å². The Morgan fingerprint density at radius 2 is 0.881 bits per heavy atom. The van der Waals surface area contributed by atoms with Crippen molar-refractivity contribution in [3.63, 3.8) is 0 Å². The SMILES string of the molecule is Cc1ccc(-n2c3cc4c5sc6cc(S)ccc6c5n(-c5ccc(C)cc5)c4cc3c3sc4cc(S)ccc4c32)cc1. The molecule has 42 heavy (non-hydrogen) atoms. The third kappa shape index (κ3) is 3.47. The first kappa shape index (κ1) is 24.9. The minimum Gasteiger partial charge on any atom is -0.308 e. The van der Waals surface area contributed by atoms with Gasteiger partial charge in [-0.05, 0) is 74.5 Å². The molecule has 5 aromatic carbocycles. The zero-order valence-corrected chi connectivity index (χ0v) is 26.3. The zero-order valence-electron chi connectivity index (χ0n) is 22.8. The number of hydrogen-bond donors (Lipinski definition) is 2. The molecule has 0 atom stereocenters. The molecule has 0 spiro atoms. The van der Waals surface area contributed by atoms with E-state index in [4.69, 9.17) is 0 Å². The van der Waals surface area contributed by atoms with Gasteiger partial charge in [0.2, 0.25) is 0 Å². The van der Waals surface area contributed by atoms with Gasteiger partial charge in [-0.15, -0.1) is 47.9 Å². The van der Waals surface area contributed by atoms with E-state index in [1.807, 2.05) is 22.7 Å². The van der Waals surface area contributed by atoms with Gasteiger partial charge in [-0.1, -0.05) is 47.5 Å². The Hall–Kier alpha value is -3.68. The maximum absolute atomic E-state index is 4.66. The molecule has 6 heteroatoms. The van der Waals surface area contributed by atoms with E-state index in [0.29, 0.717) is 0 Å². The van der Waals surface area contributed by atoms with Crippen molar-refractivity contribution in [2.75, 3.05) is 0 Å². The van der Waals surface area contributed by atoms with Crippen LogP contribution in [0.4, 0.5) is 0 Å². The van der Waals surface area contributed by atoms with E-state index in [2.05, 4.69) is 145 Å². The molecule has 9 aromatic rings. The van der Waals surface area contributed by atoms with Gasteiger partial charge < -0.3 is 9.13 Å². The van der Waals surface area contributed by atoms with Crippen LogP contribution in [-0.4, -0.2) is 9.13 Å². The fraction of sp³-hybridized carbons (Fsp3) is 0.0556. The summed E-state index contributed by atoms with van der Waals surface area (Å²) in [5.74, 6) is 0.